The Hall–Kier alpha value is -2.58. The standard InChI is InChI=1S/C22H29N3O4S/c1-24(17-18-10-12-20(29-2)13-11-18)22(26)23-16-19-8-4-5-9-21(19)30(27,28)25-14-6-3-7-15-25/h4-5,8-13H,3,6-7,14-17H2,1-2H3,(H,23,26). The molecule has 0 aromatic heterocycles. The fourth-order valence-electron chi connectivity index (χ4n) is 3.53. The third-order valence-corrected chi connectivity index (χ3v) is 7.26. The van der Waals surface area contributed by atoms with Crippen molar-refractivity contribution in [3.8, 4) is 5.75 Å². The topological polar surface area (TPSA) is 79.0 Å². The first kappa shape index (κ1) is 22.1. The summed E-state index contributed by atoms with van der Waals surface area (Å²) in [5, 5.41) is 2.84. The van der Waals surface area contributed by atoms with Crippen molar-refractivity contribution in [2.45, 2.75) is 37.2 Å². The van der Waals surface area contributed by atoms with Gasteiger partial charge in [-0.3, -0.25) is 0 Å². The highest BCUT2D eigenvalue weighted by molar-refractivity contribution is 7.89. The predicted molar refractivity (Wildman–Crippen MR) is 116 cm³/mol. The van der Waals surface area contributed by atoms with Crippen LogP contribution in [0.15, 0.2) is 53.4 Å². The number of ether oxygens (including phenoxy) is 1. The van der Waals surface area contributed by atoms with Crippen molar-refractivity contribution >= 4 is 16.1 Å². The SMILES string of the molecule is COc1ccc(CN(C)C(=O)NCc2ccccc2S(=O)(=O)N2CCCCC2)cc1. The van der Waals surface area contributed by atoms with Gasteiger partial charge in [0, 0.05) is 33.2 Å². The fourth-order valence-corrected chi connectivity index (χ4v) is 5.27. The number of benzene rings is 2. The minimum Gasteiger partial charge on any atom is -0.497 e. The van der Waals surface area contributed by atoms with E-state index < -0.39 is 10.0 Å². The van der Waals surface area contributed by atoms with Gasteiger partial charge in [0.25, 0.3) is 0 Å². The van der Waals surface area contributed by atoms with Crippen LogP contribution in [-0.2, 0) is 23.1 Å². The summed E-state index contributed by atoms with van der Waals surface area (Å²) in [5.41, 5.74) is 1.57. The Bertz CT molecular complexity index is 955. The van der Waals surface area contributed by atoms with Crippen molar-refractivity contribution in [2.24, 2.45) is 0 Å². The zero-order chi connectivity index (χ0) is 21.6. The summed E-state index contributed by atoms with van der Waals surface area (Å²) in [5.74, 6) is 0.761. The monoisotopic (exact) mass is 431 g/mol. The average molecular weight is 432 g/mol. The maximum absolute atomic E-state index is 13.1. The van der Waals surface area contributed by atoms with Crippen LogP contribution in [0.1, 0.15) is 30.4 Å². The molecule has 0 saturated carbocycles. The van der Waals surface area contributed by atoms with Gasteiger partial charge in [-0.25, -0.2) is 13.2 Å². The molecule has 162 valence electrons. The molecule has 0 atom stereocenters. The van der Waals surface area contributed by atoms with Gasteiger partial charge in [0.05, 0.1) is 12.0 Å². The minimum absolute atomic E-state index is 0.148. The summed E-state index contributed by atoms with van der Waals surface area (Å²) in [7, 11) is -0.246. The Kier molecular flexibility index (Phi) is 7.33. The molecule has 0 unspecified atom stereocenters. The molecule has 1 fully saturated rings. The molecular weight excluding hydrogens is 402 g/mol. The Morgan fingerprint density at radius 2 is 1.73 bits per heavy atom. The summed E-state index contributed by atoms with van der Waals surface area (Å²) in [6, 6.07) is 14.1. The van der Waals surface area contributed by atoms with E-state index in [2.05, 4.69) is 5.32 Å². The zero-order valence-corrected chi connectivity index (χ0v) is 18.3. The number of carbonyl (C=O) groups excluding carboxylic acids is 1. The van der Waals surface area contributed by atoms with Crippen LogP contribution in [0.4, 0.5) is 4.79 Å². The van der Waals surface area contributed by atoms with Gasteiger partial charge >= 0.3 is 6.03 Å². The molecule has 2 aromatic rings. The smallest absolute Gasteiger partial charge is 0.317 e. The van der Waals surface area contributed by atoms with Crippen LogP contribution in [0.3, 0.4) is 0 Å². The number of nitrogens with one attached hydrogen (secondary N) is 1. The van der Waals surface area contributed by atoms with E-state index in [9.17, 15) is 13.2 Å². The molecule has 3 rings (SSSR count). The Labute approximate surface area is 178 Å². The van der Waals surface area contributed by atoms with Gasteiger partial charge in [-0.2, -0.15) is 4.31 Å². The van der Waals surface area contributed by atoms with E-state index in [1.54, 1.807) is 47.6 Å². The summed E-state index contributed by atoms with van der Waals surface area (Å²) in [6.45, 7) is 1.68. The summed E-state index contributed by atoms with van der Waals surface area (Å²) in [4.78, 5) is 14.4. The van der Waals surface area contributed by atoms with Crippen molar-refractivity contribution in [3.63, 3.8) is 0 Å². The second-order valence-electron chi connectivity index (χ2n) is 7.44. The molecule has 1 aliphatic rings. The molecule has 2 amide bonds. The quantitative estimate of drug-likeness (QED) is 0.730. The number of carbonyl (C=O) groups is 1. The number of rotatable bonds is 7. The van der Waals surface area contributed by atoms with Crippen molar-refractivity contribution < 1.29 is 17.9 Å². The Morgan fingerprint density at radius 3 is 2.40 bits per heavy atom. The van der Waals surface area contributed by atoms with Crippen molar-refractivity contribution in [2.75, 3.05) is 27.2 Å². The molecule has 1 aliphatic heterocycles. The van der Waals surface area contributed by atoms with Gasteiger partial charge in [-0.15, -0.1) is 0 Å². The lowest BCUT2D eigenvalue weighted by Crippen LogP contribution is -2.38. The minimum atomic E-state index is -3.56. The van der Waals surface area contributed by atoms with E-state index in [0.29, 0.717) is 25.2 Å². The Balaban J connectivity index is 1.64. The third kappa shape index (κ3) is 5.31. The summed E-state index contributed by atoms with van der Waals surface area (Å²) < 4.78 is 32.8. The first-order valence-electron chi connectivity index (χ1n) is 10.1. The predicted octanol–water partition coefficient (Wildman–Crippen LogP) is 3.21. The molecule has 1 saturated heterocycles. The van der Waals surface area contributed by atoms with Crippen LogP contribution >= 0.6 is 0 Å². The highest BCUT2D eigenvalue weighted by Gasteiger charge is 2.28. The van der Waals surface area contributed by atoms with E-state index in [1.165, 1.54) is 0 Å². The first-order valence-corrected chi connectivity index (χ1v) is 11.6. The number of hydrogen-bond donors (Lipinski definition) is 1. The molecule has 1 N–H and O–H groups in total. The highest BCUT2D eigenvalue weighted by atomic mass is 32.2. The largest absolute Gasteiger partial charge is 0.497 e. The second kappa shape index (κ2) is 9.95. The first-order chi connectivity index (χ1) is 14.4. The van der Waals surface area contributed by atoms with E-state index in [0.717, 1.165) is 30.6 Å². The van der Waals surface area contributed by atoms with Gasteiger partial charge in [0.15, 0.2) is 0 Å². The van der Waals surface area contributed by atoms with Crippen LogP contribution < -0.4 is 10.1 Å². The molecule has 0 bridgehead atoms. The molecular formula is C22H29N3O4S. The lowest BCUT2D eigenvalue weighted by molar-refractivity contribution is 0.206. The van der Waals surface area contributed by atoms with Crippen molar-refractivity contribution in [3.05, 3.63) is 59.7 Å². The highest BCUT2D eigenvalue weighted by Crippen LogP contribution is 2.23. The number of methoxy groups -OCH3 is 1. The van der Waals surface area contributed by atoms with Crippen LogP contribution in [-0.4, -0.2) is 50.9 Å². The fraction of sp³-hybridized carbons (Fsp3) is 0.409. The lowest BCUT2D eigenvalue weighted by atomic mass is 10.2. The number of piperidine rings is 1. The molecule has 0 spiro atoms. The number of amides is 2. The third-order valence-electron chi connectivity index (χ3n) is 5.26. The van der Waals surface area contributed by atoms with Crippen molar-refractivity contribution in [1.82, 2.24) is 14.5 Å². The molecule has 1 heterocycles. The van der Waals surface area contributed by atoms with Crippen LogP contribution in [0, 0.1) is 0 Å². The van der Waals surface area contributed by atoms with Gasteiger partial charge < -0.3 is 15.0 Å². The molecule has 2 aromatic carbocycles. The molecule has 0 radical (unpaired) electrons. The van der Waals surface area contributed by atoms with E-state index in [1.807, 2.05) is 24.3 Å². The van der Waals surface area contributed by atoms with Crippen LogP contribution in [0.25, 0.3) is 0 Å². The zero-order valence-electron chi connectivity index (χ0n) is 17.5. The van der Waals surface area contributed by atoms with Gasteiger partial charge in [0.2, 0.25) is 10.0 Å². The van der Waals surface area contributed by atoms with Gasteiger partial charge in [0.1, 0.15) is 5.75 Å². The number of nitrogens with zero attached hydrogens (tertiary/aromatic N) is 2. The molecule has 7 nitrogen and oxygen atoms in total. The molecule has 8 heteroatoms. The molecule has 0 aliphatic carbocycles. The number of sulfonamides is 1. The van der Waals surface area contributed by atoms with E-state index in [4.69, 9.17) is 4.74 Å². The normalized spacial score (nSPS) is 14.9. The van der Waals surface area contributed by atoms with Gasteiger partial charge in [-0.05, 0) is 42.2 Å². The van der Waals surface area contributed by atoms with E-state index >= 15 is 0 Å². The van der Waals surface area contributed by atoms with Gasteiger partial charge in [-0.1, -0.05) is 36.8 Å². The molecule has 30 heavy (non-hydrogen) atoms. The number of urea groups is 1. The maximum atomic E-state index is 13.1. The maximum Gasteiger partial charge on any atom is 0.317 e. The second-order valence-corrected chi connectivity index (χ2v) is 9.34. The van der Waals surface area contributed by atoms with Crippen LogP contribution in [0.2, 0.25) is 0 Å². The van der Waals surface area contributed by atoms with E-state index in [-0.39, 0.29) is 17.5 Å². The summed E-state index contributed by atoms with van der Waals surface area (Å²) in [6.07, 6.45) is 2.83. The number of hydrogen-bond acceptors (Lipinski definition) is 4. The average Bonchev–Trinajstić information content (AvgIpc) is 2.78. The summed E-state index contributed by atoms with van der Waals surface area (Å²) >= 11 is 0. The lowest BCUT2D eigenvalue weighted by Gasteiger charge is -2.27. The van der Waals surface area contributed by atoms with Crippen molar-refractivity contribution in [1.29, 1.82) is 0 Å². The Morgan fingerprint density at radius 1 is 1.07 bits per heavy atom. The van der Waals surface area contributed by atoms with Crippen LogP contribution in [0.5, 0.6) is 5.75 Å².